The molecule has 1 aromatic carbocycles. The number of aromatic nitrogens is 1. The van der Waals surface area contributed by atoms with Gasteiger partial charge in [0.15, 0.2) is 17.3 Å². The Kier molecular flexibility index (Phi) is 4.79. The number of pyridine rings is 1. The number of hydrogen-bond donors (Lipinski definition) is 2. The largest absolute Gasteiger partial charge is 0.511 e. The highest BCUT2D eigenvalue weighted by molar-refractivity contribution is 5.92. The lowest BCUT2D eigenvalue weighted by atomic mass is 9.84. The maximum Gasteiger partial charge on any atom is 0.511 e. The highest BCUT2D eigenvalue weighted by Crippen LogP contribution is 2.47. The summed E-state index contributed by atoms with van der Waals surface area (Å²) in [5, 5.41) is 8.81. The number of anilines is 1. The fourth-order valence-electron chi connectivity index (χ4n) is 4.93. The molecule has 0 radical (unpaired) electrons. The van der Waals surface area contributed by atoms with Crippen LogP contribution in [0.4, 0.5) is 19.3 Å². The Morgan fingerprint density at radius 3 is 2.81 bits per heavy atom. The van der Waals surface area contributed by atoms with Crippen LogP contribution in [0.1, 0.15) is 18.9 Å². The first-order chi connectivity index (χ1) is 15.2. The first kappa shape index (κ1) is 21.0. The van der Waals surface area contributed by atoms with Gasteiger partial charge < -0.3 is 34.5 Å². The van der Waals surface area contributed by atoms with Gasteiger partial charge in [-0.1, -0.05) is 0 Å². The number of fused-ring (bicyclic) bond motifs is 2. The summed E-state index contributed by atoms with van der Waals surface area (Å²) in [6, 6.07) is 0.384. The van der Waals surface area contributed by atoms with Crippen molar-refractivity contribution in [1.82, 2.24) is 4.57 Å². The van der Waals surface area contributed by atoms with E-state index >= 15 is 4.39 Å². The Labute approximate surface area is 181 Å². The Morgan fingerprint density at radius 2 is 2.19 bits per heavy atom. The van der Waals surface area contributed by atoms with Crippen molar-refractivity contribution in [3.05, 3.63) is 28.3 Å². The summed E-state index contributed by atoms with van der Waals surface area (Å²) in [5.74, 6) is -1.17. The molecule has 2 aliphatic heterocycles. The highest BCUT2D eigenvalue weighted by Gasteiger charge is 2.47. The number of rotatable bonds is 4. The molecule has 0 spiro atoms. The molecule has 172 valence electrons. The van der Waals surface area contributed by atoms with E-state index < -0.39 is 40.9 Å². The molecule has 5 rings (SSSR count). The molecule has 3 aliphatic rings. The third kappa shape index (κ3) is 3.18. The van der Waals surface area contributed by atoms with Gasteiger partial charge in [0, 0.05) is 37.6 Å². The predicted octanol–water partition coefficient (Wildman–Crippen LogP) is 2.04. The molecule has 0 bridgehead atoms. The second kappa shape index (κ2) is 7.31. The lowest BCUT2D eigenvalue weighted by molar-refractivity contribution is 0.0241. The number of nitrogens with two attached hydrogens (primary N) is 1. The van der Waals surface area contributed by atoms with Crippen LogP contribution >= 0.6 is 0 Å². The van der Waals surface area contributed by atoms with Crippen LogP contribution in [0.3, 0.4) is 0 Å². The van der Waals surface area contributed by atoms with Crippen LogP contribution < -0.4 is 25.5 Å². The average molecular weight is 451 g/mol. The number of carboxylic acid groups (broad SMARTS) is 1. The molecule has 3 fully saturated rings. The van der Waals surface area contributed by atoms with Crippen molar-refractivity contribution in [2.24, 2.45) is 11.7 Å². The summed E-state index contributed by atoms with van der Waals surface area (Å²) in [7, 11) is 1.35. The fraction of sp³-hybridized carbons (Fsp3) is 0.524. The SMILES string of the molecule is COc1c(N2C[C@@H]3COCC[C@@]3(N)C2)c(F)cc2c(=O)c(OC(=O)O)cn([C@@H]3C[C@@H]3F)c12. The number of methoxy groups -OCH3 is 1. The molecule has 0 amide bonds. The minimum absolute atomic E-state index is 0.00300. The Bertz CT molecular complexity index is 1170. The van der Waals surface area contributed by atoms with Gasteiger partial charge in [-0.2, -0.15) is 0 Å². The molecule has 9 nitrogen and oxygen atoms in total. The molecule has 3 heterocycles. The van der Waals surface area contributed by atoms with Gasteiger partial charge in [0.25, 0.3) is 0 Å². The molecule has 11 heteroatoms. The molecular formula is C21H23F2N3O6. The van der Waals surface area contributed by atoms with Gasteiger partial charge in [0.2, 0.25) is 5.43 Å². The highest BCUT2D eigenvalue weighted by atomic mass is 19.1. The standard InChI is InChI=1S/C21H23F2N3O6/c1-30-19-16-11(18(27)15(32-20(28)29)7-26(16)14-5-12(14)22)4-13(23)17(19)25-6-10-8-31-3-2-21(10,24)9-25/h4,7,10,12,14H,2-3,5-6,8-9,24H2,1H3,(H,28,29)/t10-,12+,14-,21-/m1/s1. The minimum Gasteiger partial charge on any atom is -0.492 e. The number of halogens is 2. The molecule has 4 atom stereocenters. The van der Waals surface area contributed by atoms with Gasteiger partial charge in [-0.25, -0.2) is 13.6 Å². The van der Waals surface area contributed by atoms with Crippen molar-refractivity contribution in [3.63, 3.8) is 0 Å². The van der Waals surface area contributed by atoms with Crippen molar-refractivity contribution < 1.29 is 32.9 Å². The summed E-state index contributed by atoms with van der Waals surface area (Å²) >= 11 is 0. The van der Waals surface area contributed by atoms with Crippen LogP contribution in [0.2, 0.25) is 0 Å². The maximum absolute atomic E-state index is 15.4. The van der Waals surface area contributed by atoms with Gasteiger partial charge >= 0.3 is 6.16 Å². The molecule has 2 saturated heterocycles. The maximum atomic E-state index is 15.4. The first-order valence-electron chi connectivity index (χ1n) is 10.3. The summed E-state index contributed by atoms with van der Waals surface area (Å²) in [6.07, 6.45) is -0.918. The lowest BCUT2D eigenvalue weighted by Crippen LogP contribution is -2.52. The van der Waals surface area contributed by atoms with Crippen LogP contribution in [0.5, 0.6) is 11.5 Å². The minimum atomic E-state index is -1.69. The number of carbonyl (C=O) groups is 1. The quantitative estimate of drug-likeness (QED) is 0.679. The fourth-order valence-corrected chi connectivity index (χ4v) is 4.93. The molecule has 0 unspecified atom stereocenters. The second-order valence-electron chi connectivity index (χ2n) is 8.69. The first-order valence-corrected chi connectivity index (χ1v) is 10.3. The third-order valence-corrected chi connectivity index (χ3v) is 6.69. The Hall–Kier alpha value is -2.92. The van der Waals surface area contributed by atoms with Crippen LogP contribution in [-0.4, -0.2) is 61.0 Å². The number of alkyl halides is 1. The van der Waals surface area contributed by atoms with Gasteiger partial charge in [0.05, 0.1) is 36.9 Å². The van der Waals surface area contributed by atoms with Gasteiger partial charge in [-0.15, -0.1) is 0 Å². The molecule has 1 aliphatic carbocycles. The van der Waals surface area contributed by atoms with Crippen molar-refractivity contribution >= 4 is 22.7 Å². The molecule has 32 heavy (non-hydrogen) atoms. The molecule has 2 aromatic rings. The summed E-state index contributed by atoms with van der Waals surface area (Å²) < 4.78 is 46.6. The van der Waals surface area contributed by atoms with Crippen molar-refractivity contribution in [2.75, 3.05) is 38.3 Å². The van der Waals surface area contributed by atoms with E-state index in [-0.39, 0.29) is 34.7 Å². The van der Waals surface area contributed by atoms with Gasteiger partial charge in [0.1, 0.15) is 11.9 Å². The number of ether oxygens (including phenoxy) is 3. The summed E-state index contributed by atoms with van der Waals surface area (Å²) in [5.41, 5.74) is 5.54. The zero-order valence-electron chi connectivity index (χ0n) is 17.3. The summed E-state index contributed by atoms with van der Waals surface area (Å²) in [4.78, 5) is 25.7. The van der Waals surface area contributed by atoms with E-state index in [1.54, 1.807) is 4.90 Å². The van der Waals surface area contributed by atoms with E-state index in [1.165, 1.54) is 11.7 Å². The second-order valence-corrected chi connectivity index (χ2v) is 8.69. The smallest absolute Gasteiger partial charge is 0.492 e. The van der Waals surface area contributed by atoms with Crippen molar-refractivity contribution in [2.45, 2.75) is 30.6 Å². The third-order valence-electron chi connectivity index (χ3n) is 6.69. The topological polar surface area (TPSA) is 116 Å². The zero-order chi connectivity index (χ0) is 22.8. The molecule has 3 N–H and O–H groups in total. The van der Waals surface area contributed by atoms with Gasteiger partial charge in [-0.3, -0.25) is 4.79 Å². The predicted molar refractivity (Wildman–Crippen MR) is 110 cm³/mol. The van der Waals surface area contributed by atoms with Gasteiger partial charge in [-0.05, 0) is 12.5 Å². The normalized spacial score (nSPS) is 29.1. The summed E-state index contributed by atoms with van der Waals surface area (Å²) in [6.45, 7) is 1.81. The Morgan fingerprint density at radius 1 is 1.44 bits per heavy atom. The molecule has 1 aromatic heterocycles. The monoisotopic (exact) mass is 451 g/mol. The molecule has 1 saturated carbocycles. The van der Waals surface area contributed by atoms with E-state index in [9.17, 15) is 14.0 Å². The van der Waals surface area contributed by atoms with Crippen molar-refractivity contribution in [1.29, 1.82) is 0 Å². The number of nitrogens with zero attached hydrogens (tertiary/aromatic N) is 2. The van der Waals surface area contributed by atoms with E-state index in [0.29, 0.717) is 32.7 Å². The van der Waals surface area contributed by atoms with Crippen LogP contribution in [0.25, 0.3) is 10.9 Å². The number of hydrogen-bond acceptors (Lipinski definition) is 7. The van der Waals surface area contributed by atoms with E-state index in [4.69, 9.17) is 20.3 Å². The number of benzene rings is 1. The average Bonchev–Trinajstić information content (AvgIpc) is 3.35. The van der Waals surface area contributed by atoms with Crippen molar-refractivity contribution in [3.8, 4) is 11.5 Å². The Balaban J connectivity index is 1.71. The van der Waals surface area contributed by atoms with Crippen LogP contribution in [0.15, 0.2) is 17.1 Å². The van der Waals surface area contributed by atoms with E-state index in [2.05, 4.69) is 4.74 Å². The lowest BCUT2D eigenvalue weighted by Gasteiger charge is -2.34. The molecular weight excluding hydrogens is 428 g/mol. The van der Waals surface area contributed by atoms with E-state index in [0.717, 1.165) is 12.3 Å². The van der Waals surface area contributed by atoms with E-state index in [1.807, 2.05) is 0 Å². The van der Waals surface area contributed by atoms with Crippen LogP contribution in [0, 0.1) is 11.7 Å². The van der Waals surface area contributed by atoms with Crippen LogP contribution in [-0.2, 0) is 4.74 Å². The zero-order valence-corrected chi connectivity index (χ0v) is 17.3.